The Morgan fingerprint density at radius 3 is 2.59 bits per heavy atom. The summed E-state index contributed by atoms with van der Waals surface area (Å²) in [6, 6.07) is 9.67. The fourth-order valence-corrected chi connectivity index (χ4v) is 4.40. The minimum Gasteiger partial charge on any atom is -0.351 e. The Balaban J connectivity index is 1.97. The van der Waals surface area contributed by atoms with Crippen molar-refractivity contribution in [1.29, 1.82) is 0 Å². The molecule has 0 aliphatic heterocycles. The molecule has 0 fully saturated rings. The van der Waals surface area contributed by atoms with E-state index in [0.717, 1.165) is 15.8 Å². The fraction of sp³-hybridized carbons (Fsp3) is 0.316. The first-order valence-electron chi connectivity index (χ1n) is 8.51. The highest BCUT2D eigenvalue weighted by Crippen LogP contribution is 2.32. The van der Waals surface area contributed by atoms with Crippen molar-refractivity contribution in [2.24, 2.45) is 0 Å². The number of amides is 1. The first kappa shape index (κ1) is 19.4. The highest BCUT2D eigenvalue weighted by atomic mass is 32.2. The zero-order valence-electron chi connectivity index (χ0n) is 15.6. The molecule has 142 valence electrons. The van der Waals surface area contributed by atoms with E-state index in [-0.39, 0.29) is 17.0 Å². The molecule has 1 amide bonds. The summed E-state index contributed by atoms with van der Waals surface area (Å²) in [6.45, 7) is 7.53. The van der Waals surface area contributed by atoms with Crippen LogP contribution in [0.4, 0.5) is 0 Å². The summed E-state index contributed by atoms with van der Waals surface area (Å²) in [5.41, 5.74) is 1.12. The van der Waals surface area contributed by atoms with Crippen molar-refractivity contribution >= 4 is 39.2 Å². The molecular weight excluding hydrogens is 380 g/mol. The Bertz CT molecular complexity index is 1040. The van der Waals surface area contributed by atoms with Crippen LogP contribution in [0.5, 0.6) is 0 Å². The lowest BCUT2D eigenvalue weighted by atomic mass is 10.1. The van der Waals surface area contributed by atoms with Crippen LogP contribution in [0, 0.1) is 0 Å². The van der Waals surface area contributed by atoms with Crippen molar-refractivity contribution in [3.05, 3.63) is 46.1 Å². The summed E-state index contributed by atoms with van der Waals surface area (Å²) in [6.07, 6.45) is 0. The van der Waals surface area contributed by atoms with Gasteiger partial charge in [-0.25, -0.2) is 9.66 Å². The van der Waals surface area contributed by atoms with Gasteiger partial charge in [0, 0.05) is 16.5 Å². The van der Waals surface area contributed by atoms with Crippen LogP contribution in [0.1, 0.15) is 27.7 Å². The van der Waals surface area contributed by atoms with Crippen LogP contribution >= 0.6 is 23.1 Å². The summed E-state index contributed by atoms with van der Waals surface area (Å²) in [4.78, 5) is 30.4. The molecule has 0 unspecified atom stereocenters. The van der Waals surface area contributed by atoms with Gasteiger partial charge in [-0.1, -0.05) is 42.1 Å². The Morgan fingerprint density at radius 2 is 1.96 bits per heavy atom. The van der Waals surface area contributed by atoms with Crippen LogP contribution in [0.25, 0.3) is 21.3 Å². The molecular formula is C19H22N4O2S2. The average Bonchev–Trinajstić information content (AvgIpc) is 3.02. The van der Waals surface area contributed by atoms with E-state index in [9.17, 15) is 9.59 Å². The van der Waals surface area contributed by atoms with Gasteiger partial charge in [0.1, 0.15) is 4.83 Å². The van der Waals surface area contributed by atoms with E-state index in [1.165, 1.54) is 23.1 Å². The van der Waals surface area contributed by atoms with E-state index in [4.69, 9.17) is 5.84 Å². The number of fused-ring (bicyclic) bond motifs is 1. The fourth-order valence-electron chi connectivity index (χ4n) is 2.58. The van der Waals surface area contributed by atoms with E-state index in [1.807, 2.05) is 56.5 Å². The number of thiophene rings is 1. The van der Waals surface area contributed by atoms with Gasteiger partial charge in [-0.2, -0.15) is 0 Å². The number of hydrogen-bond donors (Lipinski definition) is 2. The maximum atomic E-state index is 12.9. The zero-order chi connectivity index (χ0) is 19.8. The molecule has 2 aromatic heterocycles. The maximum absolute atomic E-state index is 12.9. The third-order valence-electron chi connectivity index (χ3n) is 3.84. The van der Waals surface area contributed by atoms with Crippen LogP contribution in [-0.4, -0.2) is 26.4 Å². The molecule has 0 aliphatic rings. The number of carbonyl (C=O) groups excluding carboxylic acids is 1. The Morgan fingerprint density at radius 1 is 1.30 bits per heavy atom. The van der Waals surface area contributed by atoms with E-state index in [2.05, 4.69) is 10.3 Å². The van der Waals surface area contributed by atoms with Crippen molar-refractivity contribution < 1.29 is 4.79 Å². The predicted octanol–water partition coefficient (Wildman–Crippen LogP) is 3.23. The standard InChI is InChI=1S/C19H22N4O2S2/c1-11(15(24)22-19(2,3)4)27-18-21-16-14(17(25)23(18)20)13(10-26-16)12-8-6-5-7-9-12/h5-11H,20H2,1-4H3,(H,22,24)/t11-/m0/s1. The van der Waals surface area contributed by atoms with Gasteiger partial charge in [0.25, 0.3) is 5.56 Å². The van der Waals surface area contributed by atoms with Crippen LogP contribution in [0.15, 0.2) is 45.7 Å². The summed E-state index contributed by atoms with van der Waals surface area (Å²) < 4.78 is 1.03. The number of nitrogens with two attached hydrogens (primary N) is 1. The molecule has 3 N–H and O–H groups in total. The summed E-state index contributed by atoms with van der Waals surface area (Å²) in [5, 5.41) is 5.23. The highest BCUT2D eigenvalue weighted by Gasteiger charge is 2.23. The van der Waals surface area contributed by atoms with Crippen molar-refractivity contribution in [3.8, 4) is 11.1 Å². The minimum absolute atomic E-state index is 0.127. The molecule has 8 heteroatoms. The third-order valence-corrected chi connectivity index (χ3v) is 5.78. The second-order valence-corrected chi connectivity index (χ2v) is 9.43. The maximum Gasteiger partial charge on any atom is 0.282 e. The molecule has 0 spiro atoms. The minimum atomic E-state index is -0.433. The summed E-state index contributed by atoms with van der Waals surface area (Å²) in [7, 11) is 0. The molecule has 1 atom stereocenters. The SMILES string of the molecule is C[C@H](Sc1nc2scc(-c3ccccc3)c2c(=O)n1N)C(=O)NC(C)(C)C. The number of nitrogen functional groups attached to an aromatic ring is 1. The number of hydrogen-bond acceptors (Lipinski definition) is 6. The molecule has 3 aromatic rings. The zero-order valence-corrected chi connectivity index (χ0v) is 17.3. The number of nitrogens with one attached hydrogen (secondary N) is 1. The van der Waals surface area contributed by atoms with Crippen LogP contribution < -0.4 is 16.7 Å². The Kier molecular flexibility index (Phi) is 5.30. The third kappa shape index (κ3) is 4.17. The number of thioether (sulfide) groups is 1. The second-order valence-electron chi connectivity index (χ2n) is 7.26. The number of rotatable bonds is 4. The number of nitrogens with zero attached hydrogens (tertiary/aromatic N) is 2. The normalized spacial score (nSPS) is 12.9. The van der Waals surface area contributed by atoms with Crippen LogP contribution in [0.2, 0.25) is 0 Å². The smallest absolute Gasteiger partial charge is 0.282 e. The Hall–Kier alpha value is -2.32. The van der Waals surface area contributed by atoms with Gasteiger partial charge in [0.05, 0.1) is 10.6 Å². The van der Waals surface area contributed by atoms with Crippen LogP contribution in [-0.2, 0) is 4.79 Å². The van der Waals surface area contributed by atoms with Gasteiger partial charge in [-0.15, -0.1) is 11.3 Å². The molecule has 2 heterocycles. The molecule has 3 rings (SSSR count). The van der Waals surface area contributed by atoms with E-state index >= 15 is 0 Å². The lowest BCUT2D eigenvalue weighted by Gasteiger charge is -2.23. The van der Waals surface area contributed by atoms with Gasteiger partial charge >= 0.3 is 0 Å². The monoisotopic (exact) mass is 402 g/mol. The van der Waals surface area contributed by atoms with E-state index < -0.39 is 5.25 Å². The van der Waals surface area contributed by atoms with Crippen molar-refractivity contribution in [2.45, 2.75) is 43.6 Å². The van der Waals surface area contributed by atoms with Crippen molar-refractivity contribution in [1.82, 2.24) is 15.0 Å². The molecule has 6 nitrogen and oxygen atoms in total. The quantitative estimate of drug-likeness (QED) is 0.397. The van der Waals surface area contributed by atoms with Gasteiger partial charge in [0.15, 0.2) is 5.16 Å². The van der Waals surface area contributed by atoms with Gasteiger partial charge in [0.2, 0.25) is 5.91 Å². The molecule has 0 saturated heterocycles. The van der Waals surface area contributed by atoms with Gasteiger partial charge < -0.3 is 11.2 Å². The molecule has 0 bridgehead atoms. The number of benzene rings is 1. The highest BCUT2D eigenvalue weighted by molar-refractivity contribution is 8.00. The molecule has 0 aliphatic carbocycles. The van der Waals surface area contributed by atoms with E-state index in [1.54, 1.807) is 6.92 Å². The predicted molar refractivity (Wildman–Crippen MR) is 113 cm³/mol. The first-order chi connectivity index (χ1) is 12.7. The number of carbonyl (C=O) groups is 1. The summed E-state index contributed by atoms with van der Waals surface area (Å²) in [5.74, 6) is 5.90. The Labute approximate surface area is 165 Å². The number of aromatic nitrogens is 2. The topological polar surface area (TPSA) is 90.0 Å². The molecule has 27 heavy (non-hydrogen) atoms. The largest absolute Gasteiger partial charge is 0.351 e. The first-order valence-corrected chi connectivity index (χ1v) is 10.3. The van der Waals surface area contributed by atoms with Crippen LogP contribution in [0.3, 0.4) is 0 Å². The summed E-state index contributed by atoms with van der Waals surface area (Å²) >= 11 is 2.57. The molecule has 0 radical (unpaired) electrons. The second kappa shape index (κ2) is 7.36. The average molecular weight is 403 g/mol. The van der Waals surface area contributed by atoms with E-state index in [0.29, 0.717) is 15.4 Å². The lowest BCUT2D eigenvalue weighted by Crippen LogP contribution is -2.44. The lowest BCUT2D eigenvalue weighted by molar-refractivity contribution is -0.121. The van der Waals surface area contributed by atoms with Crippen molar-refractivity contribution in [3.63, 3.8) is 0 Å². The van der Waals surface area contributed by atoms with Gasteiger partial charge in [-0.05, 0) is 33.3 Å². The van der Waals surface area contributed by atoms with Gasteiger partial charge in [-0.3, -0.25) is 9.59 Å². The molecule has 1 aromatic carbocycles. The molecule has 0 saturated carbocycles. The van der Waals surface area contributed by atoms with Crippen molar-refractivity contribution in [2.75, 3.05) is 5.84 Å².